The maximum Gasteiger partial charge on any atom is -1.00 e. The summed E-state index contributed by atoms with van der Waals surface area (Å²) in [4.78, 5) is 0. The molecule has 0 saturated carbocycles. The molecule has 3 heteroatoms. The second kappa shape index (κ2) is 7.33. The third-order valence-corrected chi connectivity index (χ3v) is 11.9. The Bertz CT molecular complexity index is 972. The van der Waals surface area contributed by atoms with Gasteiger partial charge in [-0.2, -0.15) is 0 Å². The van der Waals surface area contributed by atoms with Gasteiger partial charge in [0.1, 0.15) is 0 Å². The Morgan fingerprint density at radius 1 is 0.741 bits per heavy atom. The number of allylic oxidation sites excluding steroid dienone is 4. The molecule has 136 valence electrons. The van der Waals surface area contributed by atoms with Crippen LogP contribution in [0.4, 0.5) is 0 Å². The molecule has 0 aromatic heterocycles. The SMILES string of the molecule is CC1=C2CCC3CCC4=C3c3ccccc3[CH]4[Zr+2][CH]2c2ccccc21.[Cl-].[Cl-]. The zero-order valence-corrected chi connectivity index (χ0v) is 19.4. The third kappa shape index (κ3) is 2.72. The van der Waals surface area contributed by atoms with E-state index in [1.54, 1.807) is 33.4 Å². The molecule has 4 aliphatic rings. The fraction of sp³-hybridized carbons (Fsp3) is 0.333. The molecule has 0 amide bonds. The predicted molar refractivity (Wildman–Crippen MR) is 99.8 cm³/mol. The van der Waals surface area contributed by atoms with E-state index in [0.717, 1.165) is 13.2 Å². The fourth-order valence-electron chi connectivity index (χ4n) is 5.91. The average Bonchev–Trinajstić information content (AvgIpc) is 3.29. The van der Waals surface area contributed by atoms with Crippen molar-refractivity contribution >= 4 is 11.1 Å². The molecular formula is C24H22Cl2Zr. The van der Waals surface area contributed by atoms with Gasteiger partial charge in [-0.05, 0) is 0 Å². The zero-order chi connectivity index (χ0) is 16.5. The molecule has 4 bridgehead atoms. The van der Waals surface area contributed by atoms with E-state index in [9.17, 15) is 0 Å². The minimum absolute atomic E-state index is 0. The van der Waals surface area contributed by atoms with Crippen molar-refractivity contribution in [3.8, 4) is 0 Å². The van der Waals surface area contributed by atoms with Crippen LogP contribution >= 0.6 is 0 Å². The van der Waals surface area contributed by atoms with Gasteiger partial charge in [0.15, 0.2) is 0 Å². The minimum Gasteiger partial charge on any atom is -1.00 e. The normalized spacial score (nSPS) is 26.3. The van der Waals surface area contributed by atoms with Crippen LogP contribution in [0.5, 0.6) is 0 Å². The summed E-state index contributed by atoms with van der Waals surface area (Å²) in [6.45, 7) is 2.40. The van der Waals surface area contributed by atoms with E-state index in [-0.39, 0.29) is 24.8 Å². The summed E-state index contributed by atoms with van der Waals surface area (Å²) in [7, 11) is 0. The Labute approximate surface area is 185 Å². The molecule has 27 heavy (non-hydrogen) atoms. The summed E-state index contributed by atoms with van der Waals surface area (Å²) in [5, 5.41) is 0. The van der Waals surface area contributed by atoms with E-state index in [4.69, 9.17) is 0 Å². The summed E-state index contributed by atoms with van der Waals surface area (Å²) in [6, 6.07) is 18.7. The van der Waals surface area contributed by atoms with Gasteiger partial charge in [0.2, 0.25) is 0 Å². The second-order valence-electron chi connectivity index (χ2n) is 8.07. The summed E-state index contributed by atoms with van der Waals surface area (Å²) in [5.41, 5.74) is 13.7. The van der Waals surface area contributed by atoms with Gasteiger partial charge in [0.25, 0.3) is 0 Å². The van der Waals surface area contributed by atoms with Gasteiger partial charge in [0.05, 0.1) is 0 Å². The standard InChI is InChI=1S/C24H22.2ClH.Zr/c1-16-18(14-19-6-2-4-8-22(16)19)12-10-17-11-13-21-15-20-7-3-5-9-23(20)24(17)21;;;/h2-9,14-15,17H,10-13H2,1H3;2*1H;/q;;;+2/p-2. The van der Waals surface area contributed by atoms with Crippen LogP contribution in [0.15, 0.2) is 59.7 Å². The molecule has 3 unspecified atom stereocenters. The van der Waals surface area contributed by atoms with Crippen LogP contribution in [0.2, 0.25) is 0 Å². The van der Waals surface area contributed by atoms with Crippen molar-refractivity contribution in [2.75, 3.05) is 0 Å². The van der Waals surface area contributed by atoms with Gasteiger partial charge >= 0.3 is 162 Å². The van der Waals surface area contributed by atoms with E-state index in [0.29, 0.717) is 0 Å². The Balaban J connectivity index is 0.000000900. The van der Waals surface area contributed by atoms with Crippen LogP contribution < -0.4 is 24.8 Å². The monoisotopic (exact) mass is 470 g/mol. The number of hydrogen-bond donors (Lipinski definition) is 0. The summed E-state index contributed by atoms with van der Waals surface area (Å²) >= 11 is -0.634. The summed E-state index contributed by atoms with van der Waals surface area (Å²) < 4.78 is 1.64. The largest absolute Gasteiger partial charge is 1.00 e. The maximum atomic E-state index is 2.45. The molecule has 0 fully saturated rings. The topological polar surface area (TPSA) is 0 Å². The molecule has 0 radical (unpaired) electrons. The van der Waals surface area contributed by atoms with E-state index in [1.165, 1.54) is 25.7 Å². The Hall–Kier alpha value is -0.617. The van der Waals surface area contributed by atoms with Gasteiger partial charge in [-0.3, -0.25) is 0 Å². The molecule has 2 aromatic rings. The van der Waals surface area contributed by atoms with E-state index < -0.39 is 23.2 Å². The van der Waals surface area contributed by atoms with Gasteiger partial charge < -0.3 is 24.8 Å². The molecule has 2 aromatic carbocycles. The first-order valence-corrected chi connectivity index (χ1v) is 12.5. The molecule has 0 saturated heterocycles. The first-order chi connectivity index (χ1) is 12.3. The first kappa shape index (κ1) is 19.7. The van der Waals surface area contributed by atoms with Crippen molar-refractivity contribution in [2.45, 2.75) is 39.9 Å². The third-order valence-electron chi connectivity index (χ3n) is 7.03. The van der Waals surface area contributed by atoms with Crippen LogP contribution in [0.3, 0.4) is 0 Å². The van der Waals surface area contributed by atoms with E-state index >= 15 is 0 Å². The van der Waals surface area contributed by atoms with Crippen LogP contribution in [0, 0.1) is 5.92 Å². The molecule has 1 heterocycles. The van der Waals surface area contributed by atoms with Crippen LogP contribution in [0.1, 0.15) is 62.1 Å². The van der Waals surface area contributed by atoms with Crippen molar-refractivity contribution in [2.24, 2.45) is 5.92 Å². The smallest absolute Gasteiger partial charge is 1.00 e. The van der Waals surface area contributed by atoms with Crippen LogP contribution in [-0.4, -0.2) is 0 Å². The second-order valence-corrected chi connectivity index (χ2v) is 11.7. The molecule has 0 N–H and O–H groups in total. The predicted octanol–water partition coefficient (Wildman–Crippen LogP) is 0.318. The van der Waals surface area contributed by atoms with Gasteiger partial charge in [-0.25, -0.2) is 0 Å². The van der Waals surface area contributed by atoms with Crippen molar-refractivity contribution in [1.82, 2.24) is 0 Å². The number of benzene rings is 2. The number of fused-ring (bicyclic) bond motifs is 5. The molecule has 1 aliphatic heterocycles. The Morgan fingerprint density at radius 2 is 1.30 bits per heavy atom. The summed E-state index contributed by atoms with van der Waals surface area (Å²) in [6.07, 6.45) is 5.50. The molecule has 6 rings (SSSR count). The van der Waals surface area contributed by atoms with Gasteiger partial charge in [0, 0.05) is 0 Å². The summed E-state index contributed by atoms with van der Waals surface area (Å²) in [5.74, 6) is 0.822. The Kier molecular flexibility index (Phi) is 5.34. The van der Waals surface area contributed by atoms with Crippen molar-refractivity contribution in [3.05, 3.63) is 81.9 Å². The molecule has 3 aliphatic carbocycles. The van der Waals surface area contributed by atoms with Gasteiger partial charge in [-0.15, -0.1) is 0 Å². The van der Waals surface area contributed by atoms with Crippen LogP contribution in [-0.2, 0) is 23.2 Å². The van der Waals surface area contributed by atoms with Crippen molar-refractivity contribution in [3.63, 3.8) is 0 Å². The molecule has 3 atom stereocenters. The average molecular weight is 473 g/mol. The van der Waals surface area contributed by atoms with Crippen LogP contribution in [0.25, 0.3) is 11.1 Å². The molecule has 0 spiro atoms. The van der Waals surface area contributed by atoms with Crippen molar-refractivity contribution < 1.29 is 48.0 Å². The first-order valence-electron chi connectivity index (χ1n) is 9.70. The molecular weight excluding hydrogens is 450 g/mol. The fourth-order valence-corrected chi connectivity index (χ4v) is 11.5. The number of rotatable bonds is 0. The number of hydrogen-bond acceptors (Lipinski definition) is 0. The minimum atomic E-state index is -0.634. The van der Waals surface area contributed by atoms with E-state index in [2.05, 4.69) is 55.5 Å². The zero-order valence-electron chi connectivity index (χ0n) is 15.4. The van der Waals surface area contributed by atoms with Gasteiger partial charge in [-0.1, -0.05) is 0 Å². The molecule has 0 nitrogen and oxygen atoms in total. The van der Waals surface area contributed by atoms with Crippen molar-refractivity contribution in [1.29, 1.82) is 0 Å². The number of halogens is 2. The van der Waals surface area contributed by atoms with E-state index in [1.807, 2.05) is 11.1 Å². The maximum absolute atomic E-state index is 2.45. The quantitative estimate of drug-likeness (QED) is 0.518. The Morgan fingerprint density at radius 3 is 2.04 bits per heavy atom.